The fourth-order valence-corrected chi connectivity index (χ4v) is 2.71. The van der Waals surface area contributed by atoms with E-state index in [4.69, 9.17) is 28.9 Å². The highest BCUT2D eigenvalue weighted by atomic mass is 35.5. The van der Waals surface area contributed by atoms with E-state index in [0.29, 0.717) is 23.1 Å². The van der Waals surface area contributed by atoms with Crippen molar-refractivity contribution in [3.63, 3.8) is 0 Å². The van der Waals surface area contributed by atoms with Gasteiger partial charge in [-0.15, -0.1) is 0 Å². The Morgan fingerprint density at radius 1 is 1.25 bits per heavy atom. The van der Waals surface area contributed by atoms with Gasteiger partial charge in [-0.1, -0.05) is 35.3 Å². The van der Waals surface area contributed by atoms with Crippen molar-refractivity contribution in [3.8, 4) is 0 Å². The summed E-state index contributed by atoms with van der Waals surface area (Å²) in [5, 5.41) is 1.27. The third-order valence-electron chi connectivity index (χ3n) is 3.21. The van der Waals surface area contributed by atoms with Crippen LogP contribution in [0.3, 0.4) is 0 Å². The maximum Gasteiger partial charge on any atom is 0.0544 e. The van der Waals surface area contributed by atoms with Gasteiger partial charge in [0.05, 0.1) is 5.69 Å². The smallest absolute Gasteiger partial charge is 0.0544 e. The normalized spacial score (nSPS) is 12.7. The minimum absolute atomic E-state index is 0.0294. The molecule has 1 heterocycles. The van der Waals surface area contributed by atoms with E-state index in [1.165, 1.54) is 0 Å². The fraction of sp³-hybridized carbons (Fsp3) is 0.267. The van der Waals surface area contributed by atoms with Crippen LogP contribution < -0.4 is 5.73 Å². The first kappa shape index (κ1) is 15.3. The van der Waals surface area contributed by atoms with Crippen molar-refractivity contribution < 1.29 is 0 Å². The number of hydrogen-bond donors (Lipinski definition) is 1. The lowest BCUT2D eigenvalue weighted by Gasteiger charge is -2.27. The number of likely N-dealkylation sites (N-methyl/N-ethyl adjacent to an activating group) is 1. The number of hydrogen-bond acceptors (Lipinski definition) is 3. The van der Waals surface area contributed by atoms with Gasteiger partial charge in [-0.2, -0.15) is 0 Å². The summed E-state index contributed by atoms with van der Waals surface area (Å²) in [5.74, 6) is 0. The summed E-state index contributed by atoms with van der Waals surface area (Å²) in [7, 11) is 2.01. The predicted octanol–water partition coefficient (Wildman–Crippen LogP) is 3.52. The van der Waals surface area contributed by atoms with Gasteiger partial charge in [-0.3, -0.25) is 9.88 Å². The average molecular weight is 310 g/mol. The minimum Gasteiger partial charge on any atom is -0.329 e. The molecule has 1 atom stereocenters. The van der Waals surface area contributed by atoms with E-state index in [1.807, 2.05) is 37.4 Å². The Labute approximate surface area is 129 Å². The number of pyridine rings is 1. The van der Waals surface area contributed by atoms with E-state index >= 15 is 0 Å². The van der Waals surface area contributed by atoms with Crippen LogP contribution in [-0.4, -0.2) is 23.5 Å². The molecule has 0 saturated carbocycles. The van der Waals surface area contributed by atoms with E-state index in [2.05, 4.69) is 9.88 Å². The van der Waals surface area contributed by atoms with Crippen LogP contribution in [0.1, 0.15) is 17.3 Å². The Hall–Kier alpha value is -1.13. The van der Waals surface area contributed by atoms with Crippen molar-refractivity contribution >= 4 is 23.2 Å². The second-order valence-electron chi connectivity index (χ2n) is 4.65. The highest BCUT2D eigenvalue weighted by Gasteiger charge is 2.18. The van der Waals surface area contributed by atoms with Crippen molar-refractivity contribution in [2.75, 3.05) is 13.6 Å². The number of aromatic nitrogens is 1. The maximum absolute atomic E-state index is 6.27. The summed E-state index contributed by atoms with van der Waals surface area (Å²) in [6.45, 7) is 1.19. The summed E-state index contributed by atoms with van der Waals surface area (Å²) in [5.41, 5.74) is 7.89. The number of nitrogens with two attached hydrogens (primary N) is 1. The number of halogens is 2. The van der Waals surface area contributed by atoms with Crippen molar-refractivity contribution in [3.05, 3.63) is 63.9 Å². The second kappa shape index (κ2) is 7.04. The lowest BCUT2D eigenvalue weighted by Crippen LogP contribution is -2.30. The average Bonchev–Trinajstić information content (AvgIpc) is 2.43. The van der Waals surface area contributed by atoms with Gasteiger partial charge in [-0.05, 0) is 36.9 Å². The molecule has 0 bridgehead atoms. The molecule has 0 spiro atoms. The first-order chi connectivity index (χ1) is 9.61. The topological polar surface area (TPSA) is 42.2 Å². The molecule has 1 aromatic carbocycles. The van der Waals surface area contributed by atoms with Crippen LogP contribution in [0.4, 0.5) is 0 Å². The molecule has 0 fully saturated rings. The van der Waals surface area contributed by atoms with Gasteiger partial charge in [0.2, 0.25) is 0 Å². The first-order valence-electron chi connectivity index (χ1n) is 6.37. The van der Waals surface area contributed by atoms with Crippen molar-refractivity contribution in [1.82, 2.24) is 9.88 Å². The van der Waals surface area contributed by atoms with Gasteiger partial charge >= 0.3 is 0 Å². The number of rotatable bonds is 5. The Morgan fingerprint density at radius 3 is 2.65 bits per heavy atom. The van der Waals surface area contributed by atoms with E-state index in [-0.39, 0.29) is 6.04 Å². The Kier molecular flexibility index (Phi) is 5.38. The molecule has 2 N–H and O–H groups in total. The van der Waals surface area contributed by atoms with Crippen LogP contribution in [-0.2, 0) is 6.54 Å². The minimum atomic E-state index is 0.0294. The molecule has 2 rings (SSSR count). The largest absolute Gasteiger partial charge is 0.329 e. The zero-order valence-corrected chi connectivity index (χ0v) is 12.8. The van der Waals surface area contributed by atoms with Crippen LogP contribution >= 0.6 is 23.2 Å². The summed E-state index contributed by atoms with van der Waals surface area (Å²) in [4.78, 5) is 6.47. The standard InChI is InChI=1S/C15H17Cl2N3/c1-20(10-12-4-2-3-7-19-12)15(9-18)13-6-5-11(16)8-14(13)17/h2-8,15H,9-10,18H2,1H3. The van der Waals surface area contributed by atoms with Crippen LogP contribution in [0.15, 0.2) is 42.6 Å². The zero-order valence-electron chi connectivity index (χ0n) is 11.3. The lowest BCUT2D eigenvalue weighted by atomic mass is 10.1. The third kappa shape index (κ3) is 3.70. The van der Waals surface area contributed by atoms with Crippen molar-refractivity contribution in [2.45, 2.75) is 12.6 Å². The summed E-state index contributed by atoms with van der Waals surface area (Å²) >= 11 is 12.2. The fourth-order valence-electron chi connectivity index (χ4n) is 2.17. The Balaban J connectivity index is 2.19. The van der Waals surface area contributed by atoms with Crippen LogP contribution in [0.5, 0.6) is 0 Å². The van der Waals surface area contributed by atoms with Gasteiger partial charge in [0.1, 0.15) is 0 Å². The predicted molar refractivity (Wildman–Crippen MR) is 84.0 cm³/mol. The highest BCUT2D eigenvalue weighted by molar-refractivity contribution is 6.35. The number of nitrogens with zero attached hydrogens (tertiary/aromatic N) is 2. The molecule has 1 unspecified atom stereocenters. The highest BCUT2D eigenvalue weighted by Crippen LogP contribution is 2.29. The molecular weight excluding hydrogens is 293 g/mol. The van der Waals surface area contributed by atoms with E-state index < -0.39 is 0 Å². The van der Waals surface area contributed by atoms with Gasteiger partial charge < -0.3 is 5.73 Å². The molecular formula is C15H17Cl2N3. The molecule has 5 heteroatoms. The summed E-state index contributed by atoms with van der Waals surface area (Å²) < 4.78 is 0. The van der Waals surface area contributed by atoms with Gasteiger partial charge in [-0.25, -0.2) is 0 Å². The molecule has 0 aliphatic rings. The van der Waals surface area contributed by atoms with Crippen LogP contribution in [0.2, 0.25) is 10.0 Å². The molecule has 0 saturated heterocycles. The second-order valence-corrected chi connectivity index (χ2v) is 5.50. The zero-order chi connectivity index (χ0) is 14.5. The molecule has 3 nitrogen and oxygen atoms in total. The van der Waals surface area contributed by atoms with Gasteiger partial charge in [0.15, 0.2) is 0 Å². The van der Waals surface area contributed by atoms with E-state index in [1.54, 1.807) is 12.3 Å². The molecule has 1 aromatic heterocycles. The van der Waals surface area contributed by atoms with Crippen LogP contribution in [0.25, 0.3) is 0 Å². The Morgan fingerprint density at radius 2 is 2.05 bits per heavy atom. The SMILES string of the molecule is CN(Cc1ccccn1)C(CN)c1ccc(Cl)cc1Cl. The van der Waals surface area contributed by atoms with Crippen LogP contribution in [0, 0.1) is 0 Å². The molecule has 0 amide bonds. The monoisotopic (exact) mass is 309 g/mol. The molecule has 0 radical (unpaired) electrons. The van der Waals surface area contributed by atoms with E-state index in [9.17, 15) is 0 Å². The van der Waals surface area contributed by atoms with Crippen molar-refractivity contribution in [1.29, 1.82) is 0 Å². The lowest BCUT2D eigenvalue weighted by molar-refractivity contribution is 0.239. The maximum atomic E-state index is 6.27. The van der Waals surface area contributed by atoms with Gasteiger partial charge in [0, 0.05) is 35.4 Å². The summed E-state index contributed by atoms with van der Waals surface area (Å²) in [6.07, 6.45) is 1.79. The Bertz CT molecular complexity index is 560. The van der Waals surface area contributed by atoms with Crippen molar-refractivity contribution in [2.24, 2.45) is 5.73 Å². The molecule has 0 aliphatic carbocycles. The summed E-state index contributed by atoms with van der Waals surface area (Å²) in [6, 6.07) is 11.4. The quantitative estimate of drug-likeness (QED) is 0.919. The third-order valence-corrected chi connectivity index (χ3v) is 3.78. The van der Waals surface area contributed by atoms with E-state index in [0.717, 1.165) is 11.3 Å². The molecule has 0 aliphatic heterocycles. The molecule has 20 heavy (non-hydrogen) atoms. The molecule has 106 valence electrons. The molecule has 2 aromatic rings. The first-order valence-corrected chi connectivity index (χ1v) is 7.12. The van der Waals surface area contributed by atoms with Gasteiger partial charge in [0.25, 0.3) is 0 Å². The number of benzene rings is 1.